The lowest BCUT2D eigenvalue weighted by Gasteiger charge is -2.06. The highest BCUT2D eigenvalue weighted by atomic mass is 16.2. The number of carbonyl (C=O) groups is 2. The van der Waals surface area contributed by atoms with E-state index in [1.54, 1.807) is 24.5 Å². The van der Waals surface area contributed by atoms with Gasteiger partial charge in [-0.15, -0.1) is 0 Å². The number of anilines is 1. The van der Waals surface area contributed by atoms with Gasteiger partial charge in [0.05, 0.1) is 11.9 Å². The van der Waals surface area contributed by atoms with E-state index < -0.39 is 0 Å². The fraction of sp³-hybridized carbons (Fsp3) is 0.462. The predicted octanol–water partition coefficient (Wildman–Crippen LogP) is 1.18. The van der Waals surface area contributed by atoms with Crippen molar-refractivity contribution in [1.29, 1.82) is 0 Å². The van der Waals surface area contributed by atoms with E-state index in [9.17, 15) is 9.59 Å². The zero-order chi connectivity index (χ0) is 13.0. The van der Waals surface area contributed by atoms with Crippen molar-refractivity contribution < 1.29 is 9.59 Å². The minimum atomic E-state index is -0.118. The van der Waals surface area contributed by atoms with E-state index in [1.165, 1.54) is 0 Å². The molecule has 0 aromatic carbocycles. The van der Waals surface area contributed by atoms with Gasteiger partial charge in [-0.1, -0.05) is 6.92 Å². The van der Waals surface area contributed by atoms with Crippen molar-refractivity contribution in [1.82, 2.24) is 10.3 Å². The van der Waals surface area contributed by atoms with Crippen LogP contribution >= 0.6 is 0 Å². The van der Waals surface area contributed by atoms with Crippen LogP contribution in [0.3, 0.4) is 0 Å². The highest BCUT2D eigenvalue weighted by molar-refractivity contribution is 5.91. The molecule has 1 aromatic heterocycles. The summed E-state index contributed by atoms with van der Waals surface area (Å²) >= 11 is 0. The molecule has 2 amide bonds. The first-order valence-electron chi connectivity index (χ1n) is 6.14. The van der Waals surface area contributed by atoms with Crippen LogP contribution in [0.4, 0.5) is 5.69 Å². The maximum absolute atomic E-state index is 11.6. The molecule has 1 heterocycles. The number of nitrogens with one attached hydrogen (secondary N) is 2. The van der Waals surface area contributed by atoms with Crippen molar-refractivity contribution in [3.8, 4) is 0 Å². The highest BCUT2D eigenvalue weighted by Gasteiger charge is 2.38. The smallest absolute Gasteiger partial charge is 0.226 e. The van der Waals surface area contributed by atoms with Crippen LogP contribution in [-0.4, -0.2) is 23.3 Å². The first-order valence-corrected chi connectivity index (χ1v) is 6.14. The van der Waals surface area contributed by atoms with Gasteiger partial charge in [-0.2, -0.15) is 0 Å². The topological polar surface area (TPSA) is 71.1 Å². The van der Waals surface area contributed by atoms with Gasteiger partial charge < -0.3 is 10.6 Å². The fourth-order valence-electron chi connectivity index (χ4n) is 1.78. The molecule has 5 nitrogen and oxygen atoms in total. The lowest BCUT2D eigenvalue weighted by Crippen LogP contribution is -2.29. The van der Waals surface area contributed by atoms with Gasteiger partial charge in [-0.05, 0) is 24.5 Å². The highest BCUT2D eigenvalue weighted by Crippen LogP contribution is 2.37. The van der Waals surface area contributed by atoms with Crippen molar-refractivity contribution in [3.05, 3.63) is 24.5 Å². The van der Waals surface area contributed by atoms with Crippen LogP contribution in [0.1, 0.15) is 19.8 Å². The van der Waals surface area contributed by atoms with E-state index >= 15 is 0 Å². The Balaban J connectivity index is 1.65. The standard InChI is InChI=1S/C13H17N3O2/c1-9-7-11(9)13(18)15-6-4-12(17)16-10-3-2-5-14-8-10/h2-3,5,8-9,11H,4,6-7H2,1H3,(H,15,18)(H,16,17)/t9-,11+/m0/s1. The second-order valence-electron chi connectivity index (χ2n) is 4.65. The van der Waals surface area contributed by atoms with Crippen LogP contribution in [0.5, 0.6) is 0 Å². The zero-order valence-electron chi connectivity index (χ0n) is 10.3. The molecule has 1 aliphatic rings. The molecule has 0 spiro atoms. The van der Waals surface area contributed by atoms with E-state index in [4.69, 9.17) is 0 Å². The second kappa shape index (κ2) is 5.62. The Morgan fingerprint density at radius 1 is 1.50 bits per heavy atom. The van der Waals surface area contributed by atoms with E-state index in [2.05, 4.69) is 22.5 Å². The first kappa shape index (κ1) is 12.5. The summed E-state index contributed by atoms with van der Waals surface area (Å²) in [5.74, 6) is 0.601. The first-order chi connectivity index (χ1) is 8.66. The lowest BCUT2D eigenvalue weighted by atomic mass is 10.3. The molecule has 0 radical (unpaired) electrons. The van der Waals surface area contributed by atoms with E-state index in [0.717, 1.165) is 6.42 Å². The number of hydrogen-bond acceptors (Lipinski definition) is 3. The quantitative estimate of drug-likeness (QED) is 0.820. The van der Waals surface area contributed by atoms with Crippen molar-refractivity contribution in [2.45, 2.75) is 19.8 Å². The van der Waals surface area contributed by atoms with Gasteiger partial charge in [-0.3, -0.25) is 14.6 Å². The third-order valence-corrected chi connectivity index (χ3v) is 3.04. The molecule has 1 fully saturated rings. The molecule has 5 heteroatoms. The van der Waals surface area contributed by atoms with Crippen LogP contribution in [0.2, 0.25) is 0 Å². The maximum atomic E-state index is 11.6. The van der Waals surface area contributed by atoms with Crippen LogP contribution < -0.4 is 10.6 Å². The number of aromatic nitrogens is 1. The molecule has 18 heavy (non-hydrogen) atoms. The summed E-state index contributed by atoms with van der Waals surface area (Å²) in [4.78, 5) is 27.0. The molecule has 0 bridgehead atoms. The molecular formula is C13H17N3O2. The summed E-state index contributed by atoms with van der Waals surface area (Å²) < 4.78 is 0. The zero-order valence-corrected chi connectivity index (χ0v) is 10.3. The Kier molecular flexibility index (Phi) is 3.92. The molecule has 2 atom stereocenters. The molecule has 0 aliphatic heterocycles. The normalized spacial score (nSPS) is 21.2. The minimum absolute atomic E-state index is 0.0664. The monoisotopic (exact) mass is 247 g/mol. The van der Waals surface area contributed by atoms with Gasteiger partial charge >= 0.3 is 0 Å². The number of pyridine rings is 1. The summed E-state index contributed by atoms with van der Waals surface area (Å²) in [6, 6.07) is 3.53. The van der Waals surface area contributed by atoms with Crippen molar-refractivity contribution in [2.75, 3.05) is 11.9 Å². The van der Waals surface area contributed by atoms with Crippen LogP contribution in [0, 0.1) is 11.8 Å². The molecule has 1 aromatic rings. The number of carbonyl (C=O) groups excluding carboxylic acids is 2. The molecule has 0 saturated heterocycles. The van der Waals surface area contributed by atoms with Crippen LogP contribution in [0.25, 0.3) is 0 Å². The lowest BCUT2D eigenvalue weighted by molar-refractivity contribution is -0.122. The predicted molar refractivity (Wildman–Crippen MR) is 67.8 cm³/mol. The molecule has 2 rings (SSSR count). The SMILES string of the molecule is C[C@H]1C[C@H]1C(=O)NCCC(=O)Nc1cccnc1. The molecule has 2 N–H and O–H groups in total. The average Bonchev–Trinajstić information content (AvgIpc) is 3.07. The molecule has 96 valence electrons. The Morgan fingerprint density at radius 2 is 2.28 bits per heavy atom. The van der Waals surface area contributed by atoms with Crippen LogP contribution in [0.15, 0.2) is 24.5 Å². The van der Waals surface area contributed by atoms with Crippen LogP contribution in [-0.2, 0) is 9.59 Å². The fourth-order valence-corrected chi connectivity index (χ4v) is 1.78. The Labute approximate surface area is 106 Å². The summed E-state index contributed by atoms with van der Waals surface area (Å²) in [6.07, 6.45) is 4.48. The van der Waals surface area contributed by atoms with Gasteiger partial charge in [-0.25, -0.2) is 0 Å². The Morgan fingerprint density at radius 3 is 2.89 bits per heavy atom. The van der Waals surface area contributed by atoms with E-state index in [-0.39, 0.29) is 24.2 Å². The Bertz CT molecular complexity index is 433. The summed E-state index contributed by atoms with van der Waals surface area (Å²) in [5, 5.41) is 5.49. The number of amides is 2. The van der Waals surface area contributed by atoms with E-state index in [0.29, 0.717) is 18.2 Å². The van der Waals surface area contributed by atoms with Gasteiger partial charge in [0.25, 0.3) is 0 Å². The minimum Gasteiger partial charge on any atom is -0.355 e. The number of nitrogens with zero attached hydrogens (tertiary/aromatic N) is 1. The van der Waals surface area contributed by atoms with Gasteiger partial charge in [0.1, 0.15) is 0 Å². The van der Waals surface area contributed by atoms with Gasteiger partial charge in [0.2, 0.25) is 11.8 Å². The summed E-state index contributed by atoms with van der Waals surface area (Å²) in [5.41, 5.74) is 0.671. The van der Waals surface area contributed by atoms with Gasteiger partial charge in [0, 0.05) is 25.1 Å². The molecule has 1 aliphatic carbocycles. The Hall–Kier alpha value is -1.91. The van der Waals surface area contributed by atoms with Crippen molar-refractivity contribution in [3.63, 3.8) is 0 Å². The largest absolute Gasteiger partial charge is 0.355 e. The second-order valence-corrected chi connectivity index (χ2v) is 4.65. The molecular weight excluding hydrogens is 230 g/mol. The average molecular weight is 247 g/mol. The summed E-state index contributed by atoms with van der Waals surface area (Å²) in [7, 11) is 0. The number of hydrogen-bond donors (Lipinski definition) is 2. The van der Waals surface area contributed by atoms with E-state index in [1.807, 2.05) is 0 Å². The van der Waals surface area contributed by atoms with Crippen molar-refractivity contribution >= 4 is 17.5 Å². The van der Waals surface area contributed by atoms with Crippen molar-refractivity contribution in [2.24, 2.45) is 11.8 Å². The molecule has 1 saturated carbocycles. The number of rotatable bonds is 5. The third-order valence-electron chi connectivity index (χ3n) is 3.04. The maximum Gasteiger partial charge on any atom is 0.226 e. The third kappa shape index (κ3) is 3.55. The molecule has 0 unspecified atom stereocenters. The van der Waals surface area contributed by atoms with Gasteiger partial charge in [0.15, 0.2) is 0 Å². The summed E-state index contributed by atoms with van der Waals surface area (Å²) in [6.45, 7) is 2.44.